The fraction of sp³-hybridized carbons (Fsp3) is 0.438. The largest absolute Gasteiger partial charge is 0.494 e. The van der Waals surface area contributed by atoms with E-state index in [2.05, 4.69) is 24.1 Å². The maximum absolute atomic E-state index is 12.6. The van der Waals surface area contributed by atoms with Crippen molar-refractivity contribution < 1.29 is 9.53 Å². The predicted octanol–water partition coefficient (Wildman–Crippen LogP) is 2.91. The lowest BCUT2D eigenvalue weighted by molar-refractivity contribution is 0.0876. The summed E-state index contributed by atoms with van der Waals surface area (Å²) in [4.78, 5) is 15.3. The van der Waals surface area contributed by atoms with Gasteiger partial charge in [0.1, 0.15) is 10.6 Å². The van der Waals surface area contributed by atoms with Gasteiger partial charge >= 0.3 is 0 Å². The molecule has 22 heavy (non-hydrogen) atoms. The zero-order chi connectivity index (χ0) is 16.3. The highest BCUT2D eigenvalue weighted by Gasteiger charge is 2.22. The zero-order valence-electron chi connectivity index (χ0n) is 13.5. The Kier molecular flexibility index (Phi) is 5.26. The van der Waals surface area contributed by atoms with Crippen molar-refractivity contribution in [3.63, 3.8) is 0 Å². The minimum absolute atomic E-state index is 0.0255. The van der Waals surface area contributed by atoms with Crippen LogP contribution in [0, 0.1) is 0 Å². The number of benzene rings is 1. The van der Waals surface area contributed by atoms with Crippen LogP contribution in [-0.4, -0.2) is 37.2 Å². The molecule has 3 N–H and O–H groups in total. The number of nitrogens with one attached hydrogen (secondary N) is 1. The van der Waals surface area contributed by atoms with Crippen LogP contribution in [0.2, 0.25) is 0 Å². The summed E-state index contributed by atoms with van der Waals surface area (Å²) < 4.78 is 6.44. The number of ether oxygens (including phenoxy) is 1. The monoisotopic (exact) mass is 321 g/mol. The molecule has 120 valence electrons. The van der Waals surface area contributed by atoms with E-state index < -0.39 is 0 Å². The van der Waals surface area contributed by atoms with E-state index >= 15 is 0 Å². The Hall–Kier alpha value is -1.79. The number of rotatable bonds is 6. The second-order valence-corrected chi connectivity index (χ2v) is 6.14. The summed E-state index contributed by atoms with van der Waals surface area (Å²) in [5.74, 6) is 0.479. The van der Waals surface area contributed by atoms with Gasteiger partial charge in [-0.25, -0.2) is 0 Å². The van der Waals surface area contributed by atoms with Gasteiger partial charge in [-0.2, -0.15) is 0 Å². The van der Waals surface area contributed by atoms with Crippen molar-refractivity contribution in [3.05, 3.63) is 23.1 Å². The van der Waals surface area contributed by atoms with Crippen molar-refractivity contribution in [1.82, 2.24) is 10.2 Å². The smallest absolute Gasteiger partial charge is 0.266 e. The van der Waals surface area contributed by atoms with E-state index in [9.17, 15) is 4.79 Å². The number of anilines is 1. The summed E-state index contributed by atoms with van der Waals surface area (Å²) in [6.07, 6.45) is -0.0255. The van der Waals surface area contributed by atoms with E-state index in [0.29, 0.717) is 16.3 Å². The van der Waals surface area contributed by atoms with Crippen LogP contribution >= 0.6 is 11.3 Å². The van der Waals surface area contributed by atoms with Crippen LogP contribution in [0.4, 0.5) is 5.69 Å². The first-order chi connectivity index (χ1) is 10.5. The van der Waals surface area contributed by atoms with Crippen molar-refractivity contribution in [1.29, 1.82) is 0 Å². The molecule has 0 aliphatic carbocycles. The van der Waals surface area contributed by atoms with Crippen LogP contribution in [0.1, 0.15) is 30.4 Å². The molecule has 1 aromatic carbocycles. The molecule has 6 heteroatoms. The van der Waals surface area contributed by atoms with E-state index in [0.717, 1.165) is 23.2 Å². The predicted molar refractivity (Wildman–Crippen MR) is 92.6 cm³/mol. The van der Waals surface area contributed by atoms with E-state index in [1.165, 1.54) is 11.3 Å². The molecule has 0 aliphatic rings. The van der Waals surface area contributed by atoms with Crippen molar-refractivity contribution in [2.45, 2.75) is 26.9 Å². The molecule has 0 radical (unpaired) electrons. The topological polar surface area (TPSA) is 67.6 Å². The van der Waals surface area contributed by atoms with Gasteiger partial charge in [0.05, 0.1) is 13.3 Å². The third-order valence-electron chi connectivity index (χ3n) is 3.78. The number of carbonyl (C=O) groups is 1. The van der Waals surface area contributed by atoms with Crippen LogP contribution in [0.5, 0.6) is 5.75 Å². The lowest BCUT2D eigenvalue weighted by atomic mass is 10.2. The Labute approximate surface area is 135 Å². The molecule has 1 unspecified atom stereocenters. The first-order valence-electron chi connectivity index (χ1n) is 7.42. The number of nitrogen functional groups attached to an aromatic ring is 1. The van der Waals surface area contributed by atoms with Crippen LogP contribution in [0.3, 0.4) is 0 Å². The third-order valence-corrected chi connectivity index (χ3v) is 4.93. The fourth-order valence-electron chi connectivity index (χ4n) is 2.56. The summed E-state index contributed by atoms with van der Waals surface area (Å²) in [5.41, 5.74) is 6.49. The van der Waals surface area contributed by atoms with Gasteiger partial charge in [0.25, 0.3) is 5.91 Å². The van der Waals surface area contributed by atoms with Gasteiger partial charge in [0.2, 0.25) is 0 Å². The van der Waals surface area contributed by atoms with Gasteiger partial charge in [-0.05, 0) is 38.2 Å². The normalized spacial score (nSPS) is 12.6. The maximum atomic E-state index is 12.6. The van der Waals surface area contributed by atoms with E-state index in [4.69, 9.17) is 10.5 Å². The number of carbonyl (C=O) groups excluding carboxylic acids is 1. The Morgan fingerprint density at radius 3 is 2.68 bits per heavy atom. The summed E-state index contributed by atoms with van der Waals surface area (Å²) in [6.45, 7) is 7.92. The van der Waals surface area contributed by atoms with Crippen LogP contribution in [0.15, 0.2) is 18.2 Å². The average Bonchev–Trinajstić information content (AvgIpc) is 2.86. The summed E-state index contributed by atoms with van der Waals surface area (Å²) >= 11 is 1.42. The number of hydrogen-bond donors (Lipinski definition) is 2. The minimum atomic E-state index is -0.115. The number of fused-ring (bicyclic) bond motifs is 1. The molecule has 0 bridgehead atoms. The molecule has 5 nitrogen and oxygen atoms in total. The Balaban J connectivity index is 2.31. The van der Waals surface area contributed by atoms with Gasteiger partial charge in [0, 0.05) is 15.8 Å². The fourth-order valence-corrected chi connectivity index (χ4v) is 3.62. The molecule has 0 fully saturated rings. The first kappa shape index (κ1) is 16.6. The maximum Gasteiger partial charge on any atom is 0.266 e. The van der Waals surface area contributed by atoms with Gasteiger partial charge in [-0.3, -0.25) is 9.69 Å². The van der Waals surface area contributed by atoms with Crippen LogP contribution in [-0.2, 0) is 0 Å². The van der Waals surface area contributed by atoms with Crippen molar-refractivity contribution in [2.75, 3.05) is 25.9 Å². The van der Waals surface area contributed by atoms with Crippen molar-refractivity contribution >= 4 is 33.0 Å². The number of nitrogens with zero attached hydrogens (tertiary/aromatic N) is 1. The molecular formula is C16H23N3O2S. The SMILES string of the molecule is CCN(CC)C(C)NC(=O)c1sc2ccc(N)cc2c1OC. The quantitative estimate of drug-likeness (QED) is 0.634. The minimum Gasteiger partial charge on any atom is -0.494 e. The molecule has 2 aromatic rings. The van der Waals surface area contributed by atoms with Gasteiger partial charge in [-0.15, -0.1) is 11.3 Å². The van der Waals surface area contributed by atoms with Crippen molar-refractivity contribution in [2.24, 2.45) is 0 Å². The summed E-state index contributed by atoms with van der Waals surface area (Å²) in [7, 11) is 1.58. The van der Waals surface area contributed by atoms with Crippen LogP contribution in [0.25, 0.3) is 10.1 Å². The third kappa shape index (κ3) is 3.18. The molecular weight excluding hydrogens is 298 g/mol. The Morgan fingerprint density at radius 2 is 2.09 bits per heavy atom. The highest BCUT2D eigenvalue weighted by molar-refractivity contribution is 7.21. The molecule has 1 atom stereocenters. The zero-order valence-corrected chi connectivity index (χ0v) is 14.3. The molecule has 0 saturated heterocycles. The molecule has 1 amide bonds. The number of methoxy groups -OCH3 is 1. The number of hydrogen-bond acceptors (Lipinski definition) is 5. The second-order valence-electron chi connectivity index (χ2n) is 5.09. The van der Waals surface area contributed by atoms with Gasteiger partial charge in [0.15, 0.2) is 0 Å². The molecule has 1 aromatic heterocycles. The summed E-state index contributed by atoms with van der Waals surface area (Å²) in [5, 5.41) is 3.92. The molecule has 0 aliphatic heterocycles. The molecule has 0 spiro atoms. The molecule has 1 heterocycles. The van der Waals surface area contributed by atoms with E-state index in [1.54, 1.807) is 7.11 Å². The Morgan fingerprint density at radius 1 is 1.41 bits per heavy atom. The average molecular weight is 321 g/mol. The standard InChI is InChI=1S/C16H23N3O2S/c1-5-19(6-2)10(3)18-16(20)15-14(21-4)12-9-11(17)7-8-13(12)22-15/h7-10H,5-6,17H2,1-4H3,(H,18,20). The van der Waals surface area contributed by atoms with Crippen LogP contribution < -0.4 is 15.8 Å². The number of thiophene rings is 1. The first-order valence-corrected chi connectivity index (χ1v) is 8.24. The second kappa shape index (κ2) is 6.98. The van der Waals surface area contributed by atoms with E-state index in [1.807, 2.05) is 25.1 Å². The van der Waals surface area contributed by atoms with Crippen molar-refractivity contribution in [3.8, 4) is 5.75 Å². The number of amides is 1. The highest BCUT2D eigenvalue weighted by atomic mass is 32.1. The summed E-state index contributed by atoms with van der Waals surface area (Å²) in [6, 6.07) is 5.59. The molecule has 2 rings (SSSR count). The van der Waals surface area contributed by atoms with E-state index in [-0.39, 0.29) is 12.1 Å². The lowest BCUT2D eigenvalue weighted by Gasteiger charge is -2.26. The highest BCUT2D eigenvalue weighted by Crippen LogP contribution is 2.38. The lowest BCUT2D eigenvalue weighted by Crippen LogP contribution is -2.45. The number of nitrogens with two attached hydrogens (primary N) is 1. The van der Waals surface area contributed by atoms with Gasteiger partial charge in [-0.1, -0.05) is 13.8 Å². The molecule has 0 saturated carbocycles. The Bertz CT molecular complexity index is 665. The van der Waals surface area contributed by atoms with Gasteiger partial charge < -0.3 is 15.8 Å².